The lowest BCUT2D eigenvalue weighted by Crippen LogP contribution is -2.39. The Labute approximate surface area is 193 Å². The summed E-state index contributed by atoms with van der Waals surface area (Å²) in [6.45, 7) is 0.728. The minimum absolute atomic E-state index is 0.129. The molecule has 172 valence electrons. The van der Waals surface area contributed by atoms with Crippen molar-refractivity contribution in [2.75, 3.05) is 11.0 Å². The molecule has 33 heavy (non-hydrogen) atoms. The van der Waals surface area contributed by atoms with Crippen molar-refractivity contribution in [1.29, 1.82) is 0 Å². The molecule has 4 N–H and O–H groups in total. The van der Waals surface area contributed by atoms with Crippen LogP contribution >= 0.6 is 0 Å². The van der Waals surface area contributed by atoms with Crippen molar-refractivity contribution in [3.05, 3.63) is 101 Å². The van der Waals surface area contributed by atoms with Gasteiger partial charge >= 0.3 is 6.03 Å². The van der Waals surface area contributed by atoms with E-state index in [1.165, 1.54) is 0 Å². The molecule has 0 bridgehead atoms. The first kappa shape index (κ1) is 23.8. The number of anilines is 1. The highest BCUT2D eigenvalue weighted by molar-refractivity contribution is 7.92. The molecule has 0 heterocycles. The van der Waals surface area contributed by atoms with Crippen molar-refractivity contribution < 1.29 is 18.0 Å². The van der Waals surface area contributed by atoms with Gasteiger partial charge in [0.15, 0.2) is 0 Å². The Balaban J connectivity index is 1.78. The summed E-state index contributed by atoms with van der Waals surface area (Å²) in [4.78, 5) is 26.3. The number of para-hydroxylation sites is 1. The van der Waals surface area contributed by atoms with Gasteiger partial charge in [0.2, 0.25) is 15.9 Å². The number of sulfonamides is 1. The van der Waals surface area contributed by atoms with E-state index in [1.807, 2.05) is 36.4 Å². The summed E-state index contributed by atoms with van der Waals surface area (Å²) in [7, 11) is -3.46. The van der Waals surface area contributed by atoms with Gasteiger partial charge in [0, 0.05) is 25.2 Å². The molecule has 8 nitrogen and oxygen atoms in total. The van der Waals surface area contributed by atoms with Crippen LogP contribution in [0.5, 0.6) is 0 Å². The van der Waals surface area contributed by atoms with Gasteiger partial charge in [-0.2, -0.15) is 0 Å². The number of carbonyl (C=O) groups is 2. The fraction of sp³-hybridized carbons (Fsp3) is 0.167. The molecule has 0 spiro atoms. The number of rotatable bonds is 9. The van der Waals surface area contributed by atoms with Crippen LogP contribution in [0.2, 0.25) is 0 Å². The summed E-state index contributed by atoms with van der Waals surface area (Å²) in [6.07, 6.45) is 1.07. The second kappa shape index (κ2) is 10.6. The van der Waals surface area contributed by atoms with E-state index in [4.69, 9.17) is 5.73 Å². The topological polar surface area (TPSA) is 122 Å². The highest BCUT2D eigenvalue weighted by Gasteiger charge is 2.16. The van der Waals surface area contributed by atoms with Crippen molar-refractivity contribution in [2.24, 2.45) is 5.73 Å². The first-order valence-corrected chi connectivity index (χ1v) is 12.1. The Bertz CT molecular complexity index is 1230. The molecule has 0 aliphatic rings. The average molecular weight is 467 g/mol. The number of nitrogens with two attached hydrogens (primary N) is 1. The van der Waals surface area contributed by atoms with E-state index in [0.29, 0.717) is 23.4 Å². The lowest BCUT2D eigenvalue weighted by atomic mass is 10.1. The second-order valence-electron chi connectivity index (χ2n) is 7.60. The quantitative estimate of drug-likeness (QED) is 0.449. The molecule has 0 unspecified atom stereocenters. The number of hydrogen-bond donors (Lipinski definition) is 3. The van der Waals surface area contributed by atoms with Gasteiger partial charge in [-0.3, -0.25) is 9.52 Å². The number of nitrogens with one attached hydrogen (secondary N) is 2. The van der Waals surface area contributed by atoms with Crippen molar-refractivity contribution in [3.63, 3.8) is 0 Å². The number of primary amides is 1. The average Bonchev–Trinajstić information content (AvgIpc) is 2.78. The van der Waals surface area contributed by atoms with E-state index >= 15 is 0 Å². The Kier molecular flexibility index (Phi) is 7.68. The Hall–Kier alpha value is -3.85. The Morgan fingerprint density at radius 2 is 1.52 bits per heavy atom. The molecule has 0 fully saturated rings. The zero-order chi connectivity index (χ0) is 23.8. The third kappa shape index (κ3) is 7.36. The molecule has 0 saturated heterocycles. The molecule has 0 radical (unpaired) electrons. The Morgan fingerprint density at radius 1 is 0.879 bits per heavy atom. The van der Waals surface area contributed by atoms with E-state index in [9.17, 15) is 18.0 Å². The van der Waals surface area contributed by atoms with Crippen LogP contribution in [-0.2, 0) is 29.7 Å². The lowest BCUT2D eigenvalue weighted by Gasteiger charge is -2.24. The number of benzene rings is 3. The molecule has 0 saturated carbocycles. The van der Waals surface area contributed by atoms with Gasteiger partial charge in [-0.25, -0.2) is 13.2 Å². The molecule has 0 aromatic heterocycles. The van der Waals surface area contributed by atoms with Crippen LogP contribution in [-0.4, -0.2) is 31.5 Å². The van der Waals surface area contributed by atoms with Crippen molar-refractivity contribution in [3.8, 4) is 0 Å². The minimum Gasteiger partial charge on any atom is -0.366 e. The third-order valence-corrected chi connectivity index (χ3v) is 5.42. The monoisotopic (exact) mass is 466 g/mol. The van der Waals surface area contributed by atoms with Crippen molar-refractivity contribution in [1.82, 2.24) is 10.2 Å². The van der Waals surface area contributed by atoms with Crippen LogP contribution in [0, 0.1) is 0 Å². The molecule has 3 aromatic carbocycles. The van der Waals surface area contributed by atoms with E-state index in [-0.39, 0.29) is 19.1 Å². The van der Waals surface area contributed by atoms with Crippen molar-refractivity contribution >= 4 is 27.6 Å². The van der Waals surface area contributed by atoms with Gasteiger partial charge in [-0.1, -0.05) is 60.7 Å². The number of carbonyl (C=O) groups excluding carboxylic acids is 2. The maximum atomic E-state index is 13.1. The van der Waals surface area contributed by atoms with Crippen LogP contribution < -0.4 is 15.8 Å². The molecule has 9 heteroatoms. The highest BCUT2D eigenvalue weighted by Crippen LogP contribution is 2.17. The van der Waals surface area contributed by atoms with Crippen molar-refractivity contribution in [2.45, 2.75) is 19.6 Å². The summed E-state index contributed by atoms with van der Waals surface area (Å²) in [5.41, 5.74) is 8.50. The first-order valence-electron chi connectivity index (χ1n) is 10.2. The number of hydrogen-bond acceptors (Lipinski definition) is 4. The summed E-state index contributed by atoms with van der Waals surface area (Å²) in [6, 6.07) is 22.9. The number of urea groups is 1. The SMILES string of the molecule is CS(=O)(=O)Nc1ccccc1CNC(=O)N(Cc1ccccc1)Cc1cccc(C(N)=O)c1. The molecule has 0 aliphatic heterocycles. The molecule has 0 aliphatic carbocycles. The highest BCUT2D eigenvalue weighted by atomic mass is 32.2. The molecule has 3 aromatic rings. The molecule has 3 rings (SSSR count). The second-order valence-corrected chi connectivity index (χ2v) is 9.34. The van der Waals surface area contributed by atoms with Gasteiger partial charge in [0.25, 0.3) is 0 Å². The predicted octanol–water partition coefficient (Wildman–Crippen LogP) is 3.07. The maximum Gasteiger partial charge on any atom is 0.318 e. The maximum absolute atomic E-state index is 13.1. The standard InChI is InChI=1S/C24H26N4O4S/c1-33(31,32)27-22-13-6-5-11-21(22)15-26-24(30)28(16-18-8-3-2-4-9-18)17-19-10-7-12-20(14-19)23(25)29/h2-14,27H,15-17H2,1H3,(H2,25,29)(H,26,30). The fourth-order valence-corrected chi connectivity index (χ4v) is 3.90. The van der Waals surface area contributed by atoms with E-state index in [0.717, 1.165) is 17.4 Å². The molecular formula is C24H26N4O4S. The predicted molar refractivity (Wildman–Crippen MR) is 128 cm³/mol. The van der Waals surface area contributed by atoms with E-state index < -0.39 is 15.9 Å². The van der Waals surface area contributed by atoms with Crippen LogP contribution in [0.1, 0.15) is 27.0 Å². The zero-order valence-electron chi connectivity index (χ0n) is 18.2. The van der Waals surface area contributed by atoms with Gasteiger partial charge in [-0.15, -0.1) is 0 Å². The summed E-state index contributed by atoms with van der Waals surface area (Å²) in [5, 5.41) is 2.86. The van der Waals surface area contributed by atoms with Gasteiger partial charge in [-0.05, 0) is 34.9 Å². The third-order valence-electron chi connectivity index (χ3n) is 4.83. The summed E-state index contributed by atoms with van der Waals surface area (Å²) >= 11 is 0. The Morgan fingerprint density at radius 3 is 2.21 bits per heavy atom. The van der Waals surface area contributed by atoms with Gasteiger partial charge < -0.3 is 16.0 Å². The van der Waals surface area contributed by atoms with Crippen LogP contribution in [0.15, 0.2) is 78.9 Å². The summed E-state index contributed by atoms with van der Waals surface area (Å²) in [5.74, 6) is -0.536. The van der Waals surface area contributed by atoms with Gasteiger partial charge in [0.05, 0.1) is 11.9 Å². The van der Waals surface area contributed by atoms with E-state index in [1.54, 1.807) is 47.4 Å². The van der Waals surface area contributed by atoms with Crippen LogP contribution in [0.25, 0.3) is 0 Å². The molecule has 0 atom stereocenters. The van der Waals surface area contributed by atoms with Crippen LogP contribution in [0.4, 0.5) is 10.5 Å². The smallest absolute Gasteiger partial charge is 0.318 e. The minimum atomic E-state index is -3.46. The first-order chi connectivity index (χ1) is 15.7. The summed E-state index contributed by atoms with van der Waals surface area (Å²) < 4.78 is 25.7. The molecular weight excluding hydrogens is 440 g/mol. The molecule has 3 amide bonds. The van der Waals surface area contributed by atoms with Gasteiger partial charge in [0.1, 0.15) is 0 Å². The van der Waals surface area contributed by atoms with Crippen LogP contribution in [0.3, 0.4) is 0 Å². The number of amides is 3. The lowest BCUT2D eigenvalue weighted by molar-refractivity contribution is 0.1000. The fourth-order valence-electron chi connectivity index (χ4n) is 3.30. The van der Waals surface area contributed by atoms with E-state index in [2.05, 4.69) is 10.0 Å². The number of nitrogens with zero attached hydrogens (tertiary/aromatic N) is 1. The normalized spacial score (nSPS) is 10.9. The largest absolute Gasteiger partial charge is 0.366 e. The zero-order valence-corrected chi connectivity index (χ0v) is 19.0.